The van der Waals surface area contributed by atoms with Gasteiger partial charge in [-0.1, -0.05) is 28.1 Å². The van der Waals surface area contributed by atoms with E-state index < -0.39 is 0 Å². The van der Waals surface area contributed by atoms with Crippen LogP contribution in [0, 0.1) is 0 Å². The number of rotatable bonds is 4. The molecule has 1 heterocycles. The third-order valence-corrected chi connectivity index (χ3v) is 5.18. The van der Waals surface area contributed by atoms with Crippen molar-refractivity contribution in [2.75, 3.05) is 43.4 Å². The molecule has 1 atom stereocenters. The molecule has 0 spiro atoms. The first kappa shape index (κ1) is 18.7. The van der Waals surface area contributed by atoms with Crippen LogP contribution in [0.2, 0.25) is 0 Å². The zero-order chi connectivity index (χ0) is 18.5. The molecule has 1 saturated heterocycles. The van der Waals surface area contributed by atoms with E-state index in [9.17, 15) is 4.79 Å². The molecule has 0 saturated carbocycles. The van der Waals surface area contributed by atoms with E-state index in [4.69, 9.17) is 0 Å². The van der Waals surface area contributed by atoms with Crippen molar-refractivity contribution in [3.8, 4) is 0 Å². The zero-order valence-corrected chi connectivity index (χ0v) is 16.8. The fourth-order valence-electron chi connectivity index (χ4n) is 3.04. The molecule has 2 N–H and O–H groups in total. The minimum atomic E-state index is -0.204. The van der Waals surface area contributed by atoms with Crippen molar-refractivity contribution < 1.29 is 4.79 Å². The van der Waals surface area contributed by atoms with Crippen LogP contribution in [0.4, 0.5) is 16.2 Å². The molecule has 1 aliphatic heterocycles. The Bertz CT molecular complexity index is 742. The van der Waals surface area contributed by atoms with Gasteiger partial charge in [0.1, 0.15) is 0 Å². The molecule has 0 aromatic heterocycles. The summed E-state index contributed by atoms with van der Waals surface area (Å²) in [6.45, 7) is 6.20. The van der Waals surface area contributed by atoms with Gasteiger partial charge in [0.2, 0.25) is 0 Å². The van der Waals surface area contributed by atoms with Gasteiger partial charge in [0.05, 0.1) is 6.04 Å². The summed E-state index contributed by atoms with van der Waals surface area (Å²) in [6, 6.07) is 15.7. The van der Waals surface area contributed by atoms with Crippen LogP contribution in [0.1, 0.15) is 18.5 Å². The number of carbonyl (C=O) groups excluding carboxylic acids is 1. The van der Waals surface area contributed by atoms with Crippen molar-refractivity contribution in [1.82, 2.24) is 10.2 Å². The van der Waals surface area contributed by atoms with Gasteiger partial charge in [-0.3, -0.25) is 0 Å². The van der Waals surface area contributed by atoms with Crippen molar-refractivity contribution >= 4 is 33.3 Å². The Morgan fingerprint density at radius 1 is 1.08 bits per heavy atom. The Morgan fingerprint density at radius 3 is 2.42 bits per heavy atom. The first-order valence-electron chi connectivity index (χ1n) is 8.88. The third-order valence-electron chi connectivity index (χ3n) is 4.69. The minimum absolute atomic E-state index is 0.0721. The summed E-state index contributed by atoms with van der Waals surface area (Å²) in [7, 11) is 2.15. The fraction of sp³-hybridized carbons (Fsp3) is 0.350. The second-order valence-electron chi connectivity index (χ2n) is 6.71. The normalized spacial score (nSPS) is 16.2. The predicted octanol–water partition coefficient (Wildman–Crippen LogP) is 4.08. The van der Waals surface area contributed by atoms with Crippen molar-refractivity contribution in [2.24, 2.45) is 0 Å². The Balaban J connectivity index is 1.54. The average molecular weight is 417 g/mol. The molecule has 0 bridgehead atoms. The van der Waals surface area contributed by atoms with E-state index in [2.05, 4.69) is 55.5 Å². The maximum atomic E-state index is 12.3. The summed E-state index contributed by atoms with van der Waals surface area (Å²) in [5.41, 5.74) is 3.05. The maximum absolute atomic E-state index is 12.3. The molecular formula is C20H25BrN4O. The van der Waals surface area contributed by atoms with Crippen molar-refractivity contribution in [3.63, 3.8) is 0 Å². The van der Waals surface area contributed by atoms with Gasteiger partial charge in [-0.15, -0.1) is 0 Å². The van der Waals surface area contributed by atoms with E-state index in [0.717, 1.165) is 41.9 Å². The van der Waals surface area contributed by atoms with Gasteiger partial charge in [0.15, 0.2) is 0 Å². The number of nitrogens with zero attached hydrogens (tertiary/aromatic N) is 2. The highest BCUT2D eigenvalue weighted by atomic mass is 79.9. The largest absolute Gasteiger partial charge is 0.369 e. The summed E-state index contributed by atoms with van der Waals surface area (Å²) in [5.74, 6) is 0. The maximum Gasteiger partial charge on any atom is 0.319 e. The quantitative estimate of drug-likeness (QED) is 0.788. The zero-order valence-electron chi connectivity index (χ0n) is 15.2. The highest BCUT2D eigenvalue weighted by Gasteiger charge is 2.14. The van der Waals surface area contributed by atoms with Crippen LogP contribution in [0.5, 0.6) is 0 Å². The number of urea groups is 1. The van der Waals surface area contributed by atoms with E-state index >= 15 is 0 Å². The Labute approximate surface area is 163 Å². The predicted molar refractivity (Wildman–Crippen MR) is 111 cm³/mol. The SMILES string of the molecule is CC(NC(=O)Nc1ccc(N2CCN(C)CC2)cc1)c1cccc(Br)c1. The van der Waals surface area contributed by atoms with Crippen LogP contribution in [-0.2, 0) is 0 Å². The Morgan fingerprint density at radius 2 is 1.77 bits per heavy atom. The molecule has 2 aromatic rings. The second kappa shape index (κ2) is 8.56. The molecule has 26 heavy (non-hydrogen) atoms. The lowest BCUT2D eigenvalue weighted by molar-refractivity contribution is 0.249. The fourth-order valence-corrected chi connectivity index (χ4v) is 3.46. The Kier molecular flexibility index (Phi) is 6.16. The van der Waals surface area contributed by atoms with Crippen LogP contribution in [0.25, 0.3) is 0 Å². The van der Waals surface area contributed by atoms with Crippen LogP contribution in [0.15, 0.2) is 53.0 Å². The molecular weight excluding hydrogens is 392 g/mol. The van der Waals surface area contributed by atoms with Crippen LogP contribution < -0.4 is 15.5 Å². The van der Waals surface area contributed by atoms with Crippen molar-refractivity contribution in [2.45, 2.75) is 13.0 Å². The van der Waals surface area contributed by atoms with E-state index in [-0.39, 0.29) is 12.1 Å². The molecule has 2 amide bonds. The topological polar surface area (TPSA) is 47.6 Å². The van der Waals surface area contributed by atoms with Crippen LogP contribution in [-0.4, -0.2) is 44.2 Å². The van der Waals surface area contributed by atoms with Crippen molar-refractivity contribution in [3.05, 3.63) is 58.6 Å². The monoisotopic (exact) mass is 416 g/mol. The highest BCUT2D eigenvalue weighted by Crippen LogP contribution is 2.20. The van der Waals surface area contributed by atoms with Gasteiger partial charge < -0.3 is 20.4 Å². The third kappa shape index (κ3) is 4.99. The number of likely N-dealkylation sites (N-methyl/N-ethyl adjacent to an activating group) is 1. The number of hydrogen-bond donors (Lipinski definition) is 2. The van der Waals surface area contributed by atoms with E-state index in [1.54, 1.807) is 0 Å². The first-order chi connectivity index (χ1) is 12.5. The standard InChI is InChI=1S/C20H25BrN4O/c1-15(16-4-3-5-17(21)14-16)22-20(26)23-18-6-8-19(9-7-18)25-12-10-24(2)11-13-25/h3-9,14-15H,10-13H2,1-2H3,(H2,22,23,26). The van der Waals surface area contributed by atoms with Gasteiger partial charge in [0.25, 0.3) is 0 Å². The molecule has 0 radical (unpaired) electrons. The van der Waals surface area contributed by atoms with Crippen molar-refractivity contribution in [1.29, 1.82) is 0 Å². The lowest BCUT2D eigenvalue weighted by Crippen LogP contribution is -2.44. The van der Waals surface area contributed by atoms with Gasteiger partial charge in [0, 0.05) is 42.0 Å². The number of hydrogen-bond acceptors (Lipinski definition) is 3. The first-order valence-corrected chi connectivity index (χ1v) is 9.67. The van der Waals surface area contributed by atoms with Gasteiger partial charge in [-0.25, -0.2) is 4.79 Å². The number of piperazine rings is 1. The lowest BCUT2D eigenvalue weighted by Gasteiger charge is -2.34. The van der Waals surface area contributed by atoms with E-state index in [0.29, 0.717) is 0 Å². The average Bonchev–Trinajstić information content (AvgIpc) is 2.63. The van der Waals surface area contributed by atoms with Gasteiger partial charge >= 0.3 is 6.03 Å². The molecule has 6 heteroatoms. The molecule has 0 aliphatic carbocycles. The number of amides is 2. The van der Waals surface area contributed by atoms with Crippen LogP contribution >= 0.6 is 15.9 Å². The second-order valence-corrected chi connectivity index (χ2v) is 7.63. The summed E-state index contributed by atoms with van der Waals surface area (Å²) in [6.07, 6.45) is 0. The minimum Gasteiger partial charge on any atom is -0.369 e. The summed E-state index contributed by atoms with van der Waals surface area (Å²) >= 11 is 3.46. The van der Waals surface area contributed by atoms with E-state index in [1.165, 1.54) is 5.69 Å². The van der Waals surface area contributed by atoms with Gasteiger partial charge in [-0.05, 0) is 55.9 Å². The number of anilines is 2. The molecule has 1 fully saturated rings. The summed E-state index contributed by atoms with van der Waals surface area (Å²) in [5, 5.41) is 5.87. The molecule has 3 rings (SSSR count). The smallest absolute Gasteiger partial charge is 0.319 e. The summed E-state index contributed by atoms with van der Waals surface area (Å²) < 4.78 is 1.00. The molecule has 1 unspecified atom stereocenters. The lowest BCUT2D eigenvalue weighted by atomic mass is 10.1. The van der Waals surface area contributed by atoms with Crippen LogP contribution in [0.3, 0.4) is 0 Å². The van der Waals surface area contributed by atoms with E-state index in [1.807, 2.05) is 43.3 Å². The summed E-state index contributed by atoms with van der Waals surface area (Å²) in [4.78, 5) is 17.0. The molecule has 1 aliphatic rings. The number of halogens is 1. The molecule has 138 valence electrons. The molecule has 2 aromatic carbocycles. The van der Waals surface area contributed by atoms with Gasteiger partial charge in [-0.2, -0.15) is 0 Å². The number of benzene rings is 2. The number of carbonyl (C=O) groups is 1. The molecule has 5 nitrogen and oxygen atoms in total. The Hall–Kier alpha value is -2.05. The number of nitrogens with one attached hydrogen (secondary N) is 2. The highest BCUT2D eigenvalue weighted by molar-refractivity contribution is 9.10.